The molecule has 0 aliphatic carbocycles. The van der Waals surface area contributed by atoms with E-state index in [1.807, 2.05) is 0 Å². The Bertz CT molecular complexity index is 800. The van der Waals surface area contributed by atoms with Gasteiger partial charge in [0.25, 0.3) is 0 Å². The second kappa shape index (κ2) is 7.86. The van der Waals surface area contributed by atoms with Crippen molar-refractivity contribution < 1.29 is 13.2 Å². The van der Waals surface area contributed by atoms with E-state index in [2.05, 4.69) is 20.0 Å². The maximum Gasteiger partial charge on any atom is 0.244 e. The number of likely N-dealkylation sites (tertiary alicyclic amines) is 1. The molecule has 2 saturated heterocycles. The number of hydrogen-bond acceptors (Lipinski definition) is 6. The van der Waals surface area contributed by atoms with E-state index in [0.717, 1.165) is 32.6 Å². The van der Waals surface area contributed by atoms with Gasteiger partial charge in [-0.05, 0) is 27.2 Å². The quantitative estimate of drug-likeness (QED) is 0.674. The Morgan fingerprint density at radius 1 is 1.26 bits per heavy atom. The van der Waals surface area contributed by atoms with Crippen LogP contribution in [0.1, 0.15) is 24.7 Å². The summed E-state index contributed by atoms with van der Waals surface area (Å²) in [4.78, 5) is 17.2. The van der Waals surface area contributed by atoms with Crippen LogP contribution in [0.15, 0.2) is 4.90 Å². The molecule has 2 aliphatic rings. The molecule has 9 nitrogen and oxygen atoms in total. The van der Waals surface area contributed by atoms with Crippen molar-refractivity contribution >= 4 is 15.9 Å². The maximum absolute atomic E-state index is 12.8. The second-order valence-electron chi connectivity index (χ2n) is 7.48. The zero-order valence-electron chi connectivity index (χ0n) is 16.5. The molecule has 0 saturated carbocycles. The Morgan fingerprint density at radius 3 is 2.52 bits per heavy atom. The number of nitrogens with one attached hydrogen (secondary N) is 2. The summed E-state index contributed by atoms with van der Waals surface area (Å²) in [5.41, 5.74) is 0.988. The molecular formula is C17H30N6O3S. The molecule has 0 spiro atoms. The molecule has 2 aliphatic heterocycles. The van der Waals surface area contributed by atoms with Gasteiger partial charge in [0, 0.05) is 52.4 Å². The van der Waals surface area contributed by atoms with Gasteiger partial charge in [-0.3, -0.25) is 14.4 Å². The number of rotatable bonds is 5. The summed E-state index contributed by atoms with van der Waals surface area (Å²) in [6.45, 7) is 10.3. The standard InChI is InChI=1S/C17H30N6O3S/c1-12-16(14(3)21(4)19-12)27(25,26)20-13(2)17(24)23-8-5-15(11-23)22-9-6-18-7-10-22/h13,15,18,20H,5-11H2,1-4H3. The van der Waals surface area contributed by atoms with Crippen LogP contribution in [0.4, 0.5) is 0 Å². The summed E-state index contributed by atoms with van der Waals surface area (Å²) < 4.78 is 29.6. The van der Waals surface area contributed by atoms with Gasteiger partial charge in [-0.1, -0.05) is 0 Å². The van der Waals surface area contributed by atoms with Crippen LogP contribution in [-0.2, 0) is 21.9 Å². The van der Waals surface area contributed by atoms with E-state index in [1.165, 1.54) is 4.68 Å². The number of amides is 1. The molecule has 2 fully saturated rings. The zero-order valence-corrected chi connectivity index (χ0v) is 17.3. The van der Waals surface area contributed by atoms with Crippen LogP contribution in [-0.4, -0.2) is 85.3 Å². The van der Waals surface area contributed by atoms with Gasteiger partial charge < -0.3 is 10.2 Å². The highest BCUT2D eigenvalue weighted by molar-refractivity contribution is 7.89. The average molecular weight is 399 g/mol. The smallest absolute Gasteiger partial charge is 0.244 e. The summed E-state index contributed by atoms with van der Waals surface area (Å²) in [6.07, 6.45) is 0.937. The first-order valence-corrected chi connectivity index (χ1v) is 10.9. The fourth-order valence-corrected chi connectivity index (χ4v) is 5.68. The molecule has 2 atom stereocenters. The van der Waals surface area contributed by atoms with Crippen molar-refractivity contribution in [2.45, 2.75) is 44.2 Å². The van der Waals surface area contributed by atoms with Crippen molar-refractivity contribution in [3.05, 3.63) is 11.4 Å². The van der Waals surface area contributed by atoms with Crippen LogP contribution in [0.3, 0.4) is 0 Å². The van der Waals surface area contributed by atoms with Crippen LogP contribution in [0.5, 0.6) is 0 Å². The lowest BCUT2D eigenvalue weighted by molar-refractivity contribution is -0.131. The summed E-state index contributed by atoms with van der Waals surface area (Å²) in [5.74, 6) is -0.171. The Balaban J connectivity index is 1.64. The van der Waals surface area contributed by atoms with E-state index in [-0.39, 0.29) is 10.8 Å². The first kappa shape index (κ1) is 20.2. The fourth-order valence-electron chi connectivity index (χ4n) is 4.05. The van der Waals surface area contributed by atoms with Gasteiger partial charge >= 0.3 is 0 Å². The van der Waals surface area contributed by atoms with Crippen molar-refractivity contribution in [1.29, 1.82) is 0 Å². The minimum Gasteiger partial charge on any atom is -0.340 e. The van der Waals surface area contributed by atoms with Crippen molar-refractivity contribution in [3.8, 4) is 0 Å². The van der Waals surface area contributed by atoms with E-state index >= 15 is 0 Å². The summed E-state index contributed by atoms with van der Waals surface area (Å²) >= 11 is 0. The Hall–Kier alpha value is -1.49. The predicted molar refractivity (Wildman–Crippen MR) is 102 cm³/mol. The average Bonchev–Trinajstić information content (AvgIpc) is 3.20. The van der Waals surface area contributed by atoms with Crippen molar-refractivity contribution in [2.24, 2.45) is 7.05 Å². The largest absolute Gasteiger partial charge is 0.340 e. The highest BCUT2D eigenvalue weighted by Crippen LogP contribution is 2.20. The van der Waals surface area contributed by atoms with Crippen LogP contribution in [0, 0.1) is 13.8 Å². The number of carbonyl (C=O) groups is 1. The van der Waals surface area contributed by atoms with Gasteiger partial charge in [-0.15, -0.1) is 0 Å². The lowest BCUT2D eigenvalue weighted by Gasteiger charge is -2.32. The zero-order chi connectivity index (χ0) is 19.8. The highest BCUT2D eigenvalue weighted by atomic mass is 32.2. The van der Waals surface area contributed by atoms with Crippen LogP contribution < -0.4 is 10.0 Å². The molecule has 0 bridgehead atoms. The fraction of sp³-hybridized carbons (Fsp3) is 0.765. The van der Waals surface area contributed by atoms with Crippen molar-refractivity contribution in [2.75, 3.05) is 39.3 Å². The van der Waals surface area contributed by atoms with Gasteiger partial charge in [0.1, 0.15) is 4.90 Å². The van der Waals surface area contributed by atoms with Crippen LogP contribution in [0.25, 0.3) is 0 Å². The number of nitrogens with zero attached hydrogens (tertiary/aromatic N) is 4. The number of aromatic nitrogens is 2. The van der Waals surface area contributed by atoms with E-state index in [4.69, 9.17) is 0 Å². The number of aryl methyl sites for hydroxylation is 2. The maximum atomic E-state index is 12.8. The van der Waals surface area contributed by atoms with Gasteiger partial charge in [-0.2, -0.15) is 9.82 Å². The predicted octanol–water partition coefficient (Wildman–Crippen LogP) is -0.790. The molecule has 1 aromatic heterocycles. The Kier molecular flexibility index (Phi) is 5.90. The normalized spacial score (nSPS) is 23.0. The molecule has 3 rings (SSSR count). The first-order chi connectivity index (χ1) is 12.7. The van der Waals surface area contributed by atoms with Crippen LogP contribution >= 0.6 is 0 Å². The third-order valence-corrected chi connectivity index (χ3v) is 7.35. The topological polar surface area (TPSA) is 99.6 Å². The van der Waals surface area contributed by atoms with E-state index < -0.39 is 16.1 Å². The Labute approximate surface area is 161 Å². The third kappa shape index (κ3) is 4.18. The van der Waals surface area contributed by atoms with Gasteiger partial charge in [0.2, 0.25) is 15.9 Å². The number of hydrogen-bond donors (Lipinski definition) is 2. The molecule has 152 valence electrons. The number of sulfonamides is 1. The lowest BCUT2D eigenvalue weighted by Crippen LogP contribution is -2.50. The molecular weight excluding hydrogens is 368 g/mol. The van der Waals surface area contributed by atoms with Gasteiger partial charge in [0.15, 0.2) is 0 Å². The minimum atomic E-state index is -3.81. The molecule has 27 heavy (non-hydrogen) atoms. The molecule has 10 heteroatoms. The molecule has 3 heterocycles. The monoisotopic (exact) mass is 398 g/mol. The minimum absolute atomic E-state index is 0.157. The highest BCUT2D eigenvalue weighted by Gasteiger charge is 2.35. The summed E-state index contributed by atoms with van der Waals surface area (Å²) in [7, 11) is -2.10. The molecule has 0 radical (unpaired) electrons. The third-order valence-electron chi connectivity index (χ3n) is 5.56. The summed E-state index contributed by atoms with van der Waals surface area (Å²) in [5, 5.41) is 7.50. The Morgan fingerprint density at radius 2 is 1.93 bits per heavy atom. The molecule has 0 aromatic carbocycles. The number of carbonyl (C=O) groups excluding carboxylic acids is 1. The molecule has 1 amide bonds. The van der Waals surface area contributed by atoms with Crippen LogP contribution in [0.2, 0.25) is 0 Å². The molecule has 2 unspecified atom stereocenters. The van der Waals surface area contributed by atoms with Crippen molar-refractivity contribution in [1.82, 2.24) is 29.6 Å². The van der Waals surface area contributed by atoms with E-state index in [0.29, 0.717) is 30.5 Å². The van der Waals surface area contributed by atoms with Gasteiger partial charge in [0.05, 0.1) is 17.4 Å². The number of piperazine rings is 1. The second-order valence-corrected chi connectivity index (χ2v) is 9.13. The molecule has 2 N–H and O–H groups in total. The van der Waals surface area contributed by atoms with Gasteiger partial charge in [-0.25, -0.2) is 8.42 Å². The SMILES string of the molecule is Cc1nn(C)c(C)c1S(=O)(=O)NC(C)C(=O)N1CCC(N2CCNCC2)C1. The lowest BCUT2D eigenvalue weighted by atomic mass is 10.2. The van der Waals surface area contributed by atoms with Crippen molar-refractivity contribution in [3.63, 3.8) is 0 Å². The van der Waals surface area contributed by atoms with E-state index in [9.17, 15) is 13.2 Å². The first-order valence-electron chi connectivity index (χ1n) is 9.47. The summed E-state index contributed by atoms with van der Waals surface area (Å²) in [6, 6.07) is -0.446. The molecule has 1 aromatic rings. The van der Waals surface area contributed by atoms with E-state index in [1.54, 1.807) is 32.7 Å².